The van der Waals surface area contributed by atoms with Gasteiger partial charge in [-0.15, -0.1) is 5.54 Å². The van der Waals surface area contributed by atoms with E-state index in [2.05, 4.69) is 208 Å². The largest absolute Gasteiger partial charge is 0.146 e. The lowest BCUT2D eigenvalue weighted by molar-refractivity contribution is 0.232. The Morgan fingerprint density at radius 1 is 0.453 bits per heavy atom. The Labute approximate surface area is 333 Å². The summed E-state index contributed by atoms with van der Waals surface area (Å²) >= 11 is 2.35. The van der Waals surface area contributed by atoms with Gasteiger partial charge in [-0.05, 0) is 113 Å². The van der Waals surface area contributed by atoms with Crippen molar-refractivity contribution < 1.29 is 0 Å². The highest BCUT2D eigenvalue weighted by Crippen LogP contribution is 2.72. The number of benzene rings is 2. The van der Waals surface area contributed by atoms with Crippen LogP contribution in [0.15, 0.2) is 119 Å². The third-order valence-electron chi connectivity index (χ3n) is 13.9. The molecule has 2 heteroatoms. The molecule has 0 N–H and O–H groups in total. The second-order valence-electron chi connectivity index (χ2n) is 17.0. The fourth-order valence-electron chi connectivity index (χ4n) is 11.4. The molecule has 53 heavy (non-hydrogen) atoms. The van der Waals surface area contributed by atoms with Crippen molar-refractivity contribution in [3.8, 4) is 47.0 Å². The molecule has 2 saturated carbocycles. The molecule has 4 atom stereocenters. The highest BCUT2D eigenvalue weighted by molar-refractivity contribution is 14.1. The van der Waals surface area contributed by atoms with Crippen LogP contribution < -0.4 is 0 Å². The minimum absolute atomic E-state index is 0.00423. The highest BCUT2D eigenvalue weighted by Gasteiger charge is 2.65. The third kappa shape index (κ3) is 5.27. The SMILES string of the molecule is CC(C)[Si](C#CC1=C(C#Cc2ccc(C#CC3=C(C#Cc4ccc(I)cc4)[C@@]45C=CC=C[C@@]34CCC5)cc2)[C@@]23C=CC=C[C@@]12CCC3)(C(C)C)C(C)C. The van der Waals surface area contributed by atoms with E-state index in [0.29, 0.717) is 16.6 Å². The first-order valence-corrected chi connectivity index (χ1v) is 23.0. The lowest BCUT2D eigenvalue weighted by atomic mass is 9.47. The molecular weight excluding hydrogens is 768 g/mol. The quantitative estimate of drug-likeness (QED) is 0.164. The van der Waals surface area contributed by atoms with Crippen LogP contribution in [0.2, 0.25) is 16.6 Å². The zero-order valence-corrected chi connectivity index (χ0v) is 35.2. The zero-order valence-electron chi connectivity index (χ0n) is 32.1. The Hall–Kier alpha value is -3.93. The molecule has 2 aromatic rings. The second-order valence-corrected chi connectivity index (χ2v) is 23.8. The average molecular weight is 817 g/mol. The van der Waals surface area contributed by atoms with Crippen LogP contribution in [0.25, 0.3) is 0 Å². The summed E-state index contributed by atoms with van der Waals surface area (Å²) in [5.74, 6) is 25.5. The van der Waals surface area contributed by atoms with Gasteiger partial charge in [0.05, 0.1) is 0 Å². The smallest absolute Gasteiger partial charge is 0.125 e. The predicted molar refractivity (Wildman–Crippen MR) is 233 cm³/mol. The summed E-state index contributed by atoms with van der Waals surface area (Å²) in [6, 6.07) is 17.0. The molecule has 0 aliphatic heterocycles. The molecule has 264 valence electrons. The van der Waals surface area contributed by atoms with Crippen LogP contribution in [0.3, 0.4) is 0 Å². The fraction of sp³-hybridized carbons (Fsp3) is 0.373. The van der Waals surface area contributed by atoms with Gasteiger partial charge in [0, 0.05) is 64.2 Å². The van der Waals surface area contributed by atoms with Gasteiger partial charge in [-0.25, -0.2) is 0 Å². The van der Waals surface area contributed by atoms with Crippen LogP contribution in [0.1, 0.15) is 96.8 Å². The van der Waals surface area contributed by atoms with Gasteiger partial charge < -0.3 is 0 Å². The van der Waals surface area contributed by atoms with E-state index in [1.807, 2.05) is 0 Å². The van der Waals surface area contributed by atoms with Crippen LogP contribution in [0.4, 0.5) is 0 Å². The maximum Gasteiger partial charge on any atom is 0.146 e. The standard InChI is InChI=1S/C51H49ISi/c1-37(2)53(38(3)4,39(5)6)36-27-47-46(50-30-9-10-31-51(47,50)35-12-34-50)26-20-41-15-13-40(14-16-41)19-24-44-45(25-21-42-17-22-43(52)23-18-42)49-29-8-7-28-48(44,49)32-11-33-49/h7-10,13-18,22-23,28-31,37-39H,11-12,32-35H2,1-6H3/t48-,49+,50+,51-/m1/s1. The van der Waals surface area contributed by atoms with Gasteiger partial charge in [0.2, 0.25) is 0 Å². The molecule has 0 aromatic heterocycles. The average Bonchev–Trinajstić information content (AvgIpc) is 3.68. The van der Waals surface area contributed by atoms with Crippen LogP contribution in [-0.2, 0) is 0 Å². The first-order valence-electron chi connectivity index (χ1n) is 19.7. The molecule has 0 spiro atoms. The van der Waals surface area contributed by atoms with Gasteiger partial charge >= 0.3 is 0 Å². The van der Waals surface area contributed by atoms with Crippen molar-refractivity contribution in [1.29, 1.82) is 0 Å². The van der Waals surface area contributed by atoms with Crippen molar-refractivity contribution in [3.05, 3.63) is 140 Å². The van der Waals surface area contributed by atoms with E-state index in [9.17, 15) is 0 Å². The van der Waals surface area contributed by atoms with Crippen molar-refractivity contribution in [1.82, 2.24) is 0 Å². The minimum Gasteiger partial charge on any atom is -0.125 e. The third-order valence-corrected chi connectivity index (χ3v) is 20.9. The van der Waals surface area contributed by atoms with Crippen molar-refractivity contribution in [2.75, 3.05) is 0 Å². The number of rotatable bonds is 3. The molecular formula is C51H49ISi. The molecule has 0 nitrogen and oxygen atoms in total. The number of hydrogen-bond acceptors (Lipinski definition) is 0. The van der Waals surface area contributed by atoms with Crippen molar-refractivity contribution in [3.63, 3.8) is 0 Å². The summed E-state index contributed by atoms with van der Waals surface area (Å²) in [6.07, 6.45) is 25.6. The maximum absolute atomic E-state index is 4.06. The molecule has 0 radical (unpaired) electrons. The molecule has 2 fully saturated rings. The van der Waals surface area contributed by atoms with Crippen LogP contribution in [0, 0.1) is 72.2 Å². The predicted octanol–water partition coefficient (Wildman–Crippen LogP) is 12.5. The fourth-order valence-corrected chi connectivity index (χ4v) is 16.9. The summed E-state index contributed by atoms with van der Waals surface area (Å²) in [5.41, 5.74) is 13.9. The normalized spacial score (nSPS) is 28.3. The van der Waals surface area contributed by atoms with E-state index in [-0.39, 0.29) is 21.7 Å². The number of halogens is 1. The molecule has 6 aliphatic carbocycles. The van der Waals surface area contributed by atoms with Gasteiger partial charge in [0.1, 0.15) is 8.07 Å². The Bertz CT molecular complexity index is 2290. The molecule has 2 aromatic carbocycles. The van der Waals surface area contributed by atoms with Crippen molar-refractivity contribution in [2.24, 2.45) is 21.7 Å². The topological polar surface area (TPSA) is 0 Å². The number of allylic oxidation sites excluding steroid dienone is 12. The van der Waals surface area contributed by atoms with Gasteiger partial charge in [-0.2, -0.15) is 0 Å². The summed E-state index contributed by atoms with van der Waals surface area (Å²) in [4.78, 5) is 0. The second kappa shape index (κ2) is 13.4. The Morgan fingerprint density at radius 2 is 0.755 bits per heavy atom. The first-order chi connectivity index (χ1) is 25.5. The van der Waals surface area contributed by atoms with E-state index in [4.69, 9.17) is 0 Å². The Morgan fingerprint density at radius 3 is 1.08 bits per heavy atom. The molecule has 0 saturated heterocycles. The summed E-state index contributed by atoms with van der Waals surface area (Å²) in [7, 11) is -1.88. The summed E-state index contributed by atoms with van der Waals surface area (Å²) in [5, 5.41) is 0. The lowest BCUT2D eigenvalue weighted by Crippen LogP contribution is -2.49. The van der Waals surface area contributed by atoms with Gasteiger partial charge in [-0.1, -0.05) is 144 Å². The monoisotopic (exact) mass is 816 g/mol. The maximum atomic E-state index is 4.06. The summed E-state index contributed by atoms with van der Waals surface area (Å²) < 4.78 is 1.22. The van der Waals surface area contributed by atoms with Gasteiger partial charge in [0.15, 0.2) is 0 Å². The van der Waals surface area contributed by atoms with E-state index < -0.39 is 8.07 Å². The minimum atomic E-state index is -1.88. The van der Waals surface area contributed by atoms with Gasteiger partial charge in [-0.3, -0.25) is 0 Å². The molecule has 8 rings (SSSR count). The zero-order chi connectivity index (χ0) is 37.1. The van der Waals surface area contributed by atoms with E-state index >= 15 is 0 Å². The molecule has 0 bridgehead atoms. The van der Waals surface area contributed by atoms with Crippen LogP contribution in [-0.4, -0.2) is 8.07 Å². The van der Waals surface area contributed by atoms with E-state index in [1.165, 1.54) is 45.1 Å². The highest BCUT2D eigenvalue weighted by atomic mass is 127. The first kappa shape index (κ1) is 36.1. The number of hydrogen-bond donors (Lipinski definition) is 0. The lowest BCUT2D eigenvalue weighted by Gasteiger charge is -2.54. The molecule has 0 amide bonds. The van der Waals surface area contributed by atoms with E-state index in [0.717, 1.165) is 36.0 Å². The van der Waals surface area contributed by atoms with Crippen LogP contribution in [0.5, 0.6) is 0 Å². The molecule has 6 aliphatic rings. The molecule has 0 unspecified atom stereocenters. The summed E-state index contributed by atoms with van der Waals surface area (Å²) in [6.45, 7) is 14.4. The van der Waals surface area contributed by atoms with Gasteiger partial charge in [0.25, 0.3) is 0 Å². The van der Waals surface area contributed by atoms with Crippen molar-refractivity contribution in [2.45, 2.75) is 96.7 Å². The van der Waals surface area contributed by atoms with Crippen molar-refractivity contribution >= 4 is 30.7 Å². The van der Waals surface area contributed by atoms with E-state index in [1.54, 1.807) is 0 Å². The Balaban J connectivity index is 1.13. The van der Waals surface area contributed by atoms with Crippen LogP contribution >= 0.6 is 22.6 Å². The Kier molecular flexibility index (Phi) is 9.13. The molecule has 0 heterocycles.